The van der Waals surface area contributed by atoms with Crippen LogP contribution in [0.5, 0.6) is 5.75 Å². The van der Waals surface area contributed by atoms with E-state index in [9.17, 15) is 19.5 Å². The zero-order chi connectivity index (χ0) is 27.9. The van der Waals surface area contributed by atoms with Gasteiger partial charge >= 0.3 is 12.1 Å². The summed E-state index contributed by atoms with van der Waals surface area (Å²) in [6.45, 7) is 0.840. The van der Waals surface area contributed by atoms with E-state index in [1.54, 1.807) is 4.57 Å². The molecule has 2 aliphatic heterocycles. The lowest BCUT2D eigenvalue weighted by molar-refractivity contribution is -0.169. The first-order chi connectivity index (χ1) is 19.4. The van der Waals surface area contributed by atoms with Crippen LogP contribution < -0.4 is 15.5 Å². The summed E-state index contributed by atoms with van der Waals surface area (Å²) in [6, 6.07) is 9.72. The second-order valence-electron chi connectivity index (χ2n) is 10.4. The van der Waals surface area contributed by atoms with Crippen LogP contribution in [-0.2, 0) is 26.4 Å². The fraction of sp³-hybridized carbons (Fsp3) is 0.414. The topological polar surface area (TPSA) is 125 Å². The van der Waals surface area contributed by atoms with Crippen molar-refractivity contribution >= 4 is 23.0 Å². The highest BCUT2D eigenvalue weighted by Crippen LogP contribution is 2.52. The number of rotatable bonds is 8. The van der Waals surface area contributed by atoms with Crippen molar-refractivity contribution in [3.63, 3.8) is 0 Å². The minimum atomic E-state index is -1.41. The molecule has 0 spiro atoms. The summed E-state index contributed by atoms with van der Waals surface area (Å²) in [5.41, 5.74) is -1.18. The van der Waals surface area contributed by atoms with Crippen LogP contribution >= 0.6 is 0 Å². The summed E-state index contributed by atoms with van der Waals surface area (Å²) in [6.07, 6.45) is 3.74. The number of carbonyl (C=O) groups is 2. The normalized spacial score (nSPS) is 20.9. The average molecular weight is 553 g/mol. The molecular weight excluding hydrogens is 523 g/mol. The quantitative estimate of drug-likeness (QED) is 0.425. The number of ether oxygens (including phenoxy) is 4. The zero-order valence-electron chi connectivity index (χ0n) is 21.7. The van der Waals surface area contributed by atoms with Crippen LogP contribution in [-0.4, -0.2) is 47.8 Å². The van der Waals surface area contributed by atoms with Gasteiger partial charge in [0.25, 0.3) is 0 Å². The average Bonchev–Trinajstić information content (AvgIpc) is 3.73. The fourth-order valence-corrected chi connectivity index (χ4v) is 5.45. The van der Waals surface area contributed by atoms with Gasteiger partial charge in [0.1, 0.15) is 24.6 Å². The second-order valence-corrected chi connectivity index (χ2v) is 10.4. The van der Waals surface area contributed by atoms with E-state index in [1.165, 1.54) is 6.20 Å². The fourth-order valence-electron chi connectivity index (χ4n) is 5.45. The molecule has 1 saturated carbocycles. The van der Waals surface area contributed by atoms with Crippen LogP contribution in [0.2, 0.25) is 0 Å². The maximum atomic E-state index is 15.8. The number of carboxylic acids is 1. The van der Waals surface area contributed by atoms with Gasteiger partial charge in [-0.2, -0.15) is 0 Å². The number of carboxylic acid groups (broad SMARTS) is 1. The Kier molecular flexibility index (Phi) is 6.93. The molecule has 3 aliphatic rings. The lowest BCUT2D eigenvalue weighted by Gasteiger charge is -2.33. The van der Waals surface area contributed by atoms with E-state index in [4.69, 9.17) is 18.9 Å². The first-order valence-electron chi connectivity index (χ1n) is 13.4. The number of pyridine rings is 1. The van der Waals surface area contributed by atoms with Gasteiger partial charge in [-0.1, -0.05) is 30.3 Å². The molecule has 1 amide bonds. The monoisotopic (exact) mass is 552 g/mol. The smallest absolute Gasteiger partial charge is 0.408 e. The van der Waals surface area contributed by atoms with Crippen molar-refractivity contribution in [3.05, 3.63) is 75.3 Å². The Morgan fingerprint density at radius 2 is 2.00 bits per heavy atom. The molecule has 10 nitrogen and oxygen atoms in total. The first-order valence-corrected chi connectivity index (χ1v) is 13.4. The van der Waals surface area contributed by atoms with Crippen LogP contribution in [0.15, 0.2) is 47.4 Å². The van der Waals surface area contributed by atoms with Crippen LogP contribution in [0, 0.1) is 5.82 Å². The SMILES string of the molecule is O=C(NC1(c2c(F)cc3c(=O)c(C(=O)O)cn4c3c2OCC4COC2CCCCO2)CC1)OCc1ccccc1. The number of benzene rings is 2. The molecule has 3 heterocycles. The summed E-state index contributed by atoms with van der Waals surface area (Å²) < 4.78 is 40.4. The van der Waals surface area contributed by atoms with E-state index in [2.05, 4.69) is 5.32 Å². The van der Waals surface area contributed by atoms with Crippen molar-refractivity contribution in [1.82, 2.24) is 9.88 Å². The third-order valence-corrected chi connectivity index (χ3v) is 7.66. The number of aromatic carboxylic acids is 1. The van der Waals surface area contributed by atoms with E-state index in [1.807, 2.05) is 30.3 Å². The number of nitrogens with zero attached hydrogens (tertiary/aromatic N) is 1. The Labute approximate surface area is 228 Å². The Morgan fingerprint density at radius 3 is 2.70 bits per heavy atom. The van der Waals surface area contributed by atoms with Crippen molar-refractivity contribution in [3.8, 4) is 5.75 Å². The van der Waals surface area contributed by atoms with Crippen LogP contribution in [0.3, 0.4) is 0 Å². The molecule has 2 N–H and O–H groups in total. The molecule has 6 rings (SSSR count). The molecule has 3 aromatic rings. The molecule has 0 bridgehead atoms. The van der Waals surface area contributed by atoms with Gasteiger partial charge in [-0.15, -0.1) is 0 Å². The molecule has 40 heavy (non-hydrogen) atoms. The van der Waals surface area contributed by atoms with Crippen molar-refractivity contribution in [2.24, 2.45) is 0 Å². The van der Waals surface area contributed by atoms with E-state index >= 15 is 4.39 Å². The van der Waals surface area contributed by atoms with E-state index in [0.717, 1.165) is 30.9 Å². The highest BCUT2D eigenvalue weighted by atomic mass is 19.1. The molecule has 2 fully saturated rings. The number of hydrogen-bond donors (Lipinski definition) is 2. The summed E-state index contributed by atoms with van der Waals surface area (Å²) in [4.78, 5) is 37.7. The predicted molar refractivity (Wildman–Crippen MR) is 140 cm³/mol. The van der Waals surface area contributed by atoms with Crippen molar-refractivity contribution < 1.29 is 38.0 Å². The summed E-state index contributed by atoms with van der Waals surface area (Å²) in [7, 11) is 0. The molecule has 1 saturated heterocycles. The highest BCUT2D eigenvalue weighted by molar-refractivity contribution is 5.95. The molecule has 2 aromatic carbocycles. The third kappa shape index (κ3) is 4.90. The van der Waals surface area contributed by atoms with Crippen LogP contribution in [0.1, 0.15) is 59.6 Å². The summed E-state index contributed by atoms with van der Waals surface area (Å²) in [5, 5.41) is 12.4. The second kappa shape index (κ2) is 10.5. The van der Waals surface area contributed by atoms with E-state index < -0.39 is 40.5 Å². The van der Waals surface area contributed by atoms with E-state index in [-0.39, 0.29) is 48.3 Å². The summed E-state index contributed by atoms with van der Waals surface area (Å²) in [5.74, 6) is -2.07. The number of alkyl carbamates (subject to hydrolysis) is 1. The molecule has 2 unspecified atom stereocenters. The van der Waals surface area contributed by atoms with Crippen LogP contribution in [0.25, 0.3) is 10.9 Å². The first kappa shape index (κ1) is 26.3. The standard InChI is InChI=1S/C29H29FN2O8/c30-21-12-19-24-26(23(21)29(9-10-29)31-28(36)40-14-17-6-2-1-3-7-17)39-16-18(15-38-22-8-4-5-11-37-22)32(24)13-20(25(19)33)27(34)35/h1-3,6-7,12-13,18,22H,4-5,8-11,14-16H2,(H,31,36)(H,34,35). The van der Waals surface area contributed by atoms with Gasteiger partial charge in [0, 0.05) is 12.8 Å². The Morgan fingerprint density at radius 1 is 1.20 bits per heavy atom. The van der Waals surface area contributed by atoms with Gasteiger partial charge < -0.3 is 33.9 Å². The number of halogens is 1. The molecule has 1 aromatic heterocycles. The molecular formula is C29H29FN2O8. The third-order valence-electron chi connectivity index (χ3n) is 7.66. The largest absolute Gasteiger partial charge is 0.489 e. The Hall–Kier alpha value is -3.96. The molecule has 11 heteroatoms. The van der Waals surface area contributed by atoms with Crippen molar-refractivity contribution in [1.29, 1.82) is 0 Å². The molecule has 210 valence electrons. The highest BCUT2D eigenvalue weighted by Gasteiger charge is 2.51. The van der Waals surface area contributed by atoms with Gasteiger partial charge in [0.2, 0.25) is 5.43 Å². The molecule has 0 radical (unpaired) electrons. The molecule has 2 atom stereocenters. The lowest BCUT2D eigenvalue weighted by atomic mass is 9.97. The minimum absolute atomic E-state index is 0.0434. The maximum absolute atomic E-state index is 15.8. The number of carbonyl (C=O) groups excluding carboxylic acids is 1. The lowest BCUT2D eigenvalue weighted by Crippen LogP contribution is -2.38. The Balaban J connectivity index is 1.35. The number of amides is 1. The summed E-state index contributed by atoms with van der Waals surface area (Å²) >= 11 is 0. The van der Waals surface area contributed by atoms with Crippen molar-refractivity contribution in [2.75, 3.05) is 19.8 Å². The number of nitrogens with one attached hydrogen (secondary N) is 1. The minimum Gasteiger partial charge on any atom is -0.489 e. The predicted octanol–water partition coefficient (Wildman–Crippen LogP) is 4.23. The molecule has 1 aliphatic carbocycles. The number of aromatic nitrogens is 1. The maximum Gasteiger partial charge on any atom is 0.408 e. The van der Waals surface area contributed by atoms with Gasteiger partial charge in [-0.3, -0.25) is 4.79 Å². The Bertz CT molecular complexity index is 1510. The van der Waals surface area contributed by atoms with Gasteiger partial charge in [-0.05, 0) is 43.7 Å². The van der Waals surface area contributed by atoms with Crippen LogP contribution in [0.4, 0.5) is 9.18 Å². The zero-order valence-corrected chi connectivity index (χ0v) is 21.7. The van der Waals surface area contributed by atoms with Gasteiger partial charge in [0.15, 0.2) is 12.0 Å². The van der Waals surface area contributed by atoms with Gasteiger partial charge in [0.05, 0.1) is 34.7 Å². The van der Waals surface area contributed by atoms with Crippen molar-refractivity contribution in [2.45, 2.75) is 56.6 Å². The number of hydrogen-bond acceptors (Lipinski definition) is 7. The van der Waals surface area contributed by atoms with Gasteiger partial charge in [-0.25, -0.2) is 14.0 Å². The van der Waals surface area contributed by atoms with E-state index in [0.29, 0.717) is 19.4 Å².